The third-order valence-electron chi connectivity index (χ3n) is 1.61. The number of oxime groups is 1. The average Bonchev–Trinajstić information content (AvgIpc) is 2.52. The van der Waals surface area contributed by atoms with E-state index in [0.29, 0.717) is 5.57 Å². The monoisotopic (exact) mass is 167 g/mol. The topological polar surface area (TPSA) is 58.9 Å². The Morgan fingerprint density at radius 1 is 1.83 bits per heavy atom. The Bertz CT molecular complexity index is 265. The maximum Gasteiger partial charge on any atom is 0.317 e. The highest BCUT2D eigenvalue weighted by atomic mass is 16.5. The number of allylic oxidation sites excluding steroid dienone is 2. The second-order valence-corrected chi connectivity index (χ2v) is 2.30. The third-order valence-corrected chi connectivity index (χ3v) is 1.61. The van der Waals surface area contributed by atoms with Crippen LogP contribution in [0.25, 0.3) is 0 Å². The number of methoxy groups -OCH3 is 1. The number of hydrogen-bond acceptors (Lipinski definition) is 4. The van der Waals surface area contributed by atoms with Gasteiger partial charge in [0.15, 0.2) is 0 Å². The first-order valence-electron chi connectivity index (χ1n) is 3.43. The van der Waals surface area contributed by atoms with Gasteiger partial charge in [0, 0.05) is 0 Å². The standard InChI is InChI=1S/C8H9NO3/c1-12-8(10)7-4-2-3-6(7)5-9-11/h2-5,7,11H,1H3/b9-5+. The smallest absolute Gasteiger partial charge is 0.317 e. The summed E-state index contributed by atoms with van der Waals surface area (Å²) in [6.45, 7) is 0. The van der Waals surface area contributed by atoms with Crippen molar-refractivity contribution in [3.8, 4) is 0 Å². The largest absolute Gasteiger partial charge is 0.468 e. The minimum absolute atomic E-state index is 0.352. The van der Waals surface area contributed by atoms with Gasteiger partial charge in [0.2, 0.25) is 0 Å². The molecule has 0 aromatic carbocycles. The lowest BCUT2D eigenvalue weighted by atomic mass is 10.0. The van der Waals surface area contributed by atoms with Gasteiger partial charge in [-0.3, -0.25) is 4.79 Å². The van der Waals surface area contributed by atoms with Crippen molar-refractivity contribution < 1.29 is 14.7 Å². The number of carbonyl (C=O) groups excluding carboxylic acids is 1. The van der Waals surface area contributed by atoms with E-state index in [2.05, 4.69) is 9.89 Å². The summed E-state index contributed by atoms with van der Waals surface area (Å²) in [6, 6.07) is 0. The molecule has 0 saturated heterocycles. The second-order valence-electron chi connectivity index (χ2n) is 2.30. The first-order chi connectivity index (χ1) is 5.79. The summed E-state index contributed by atoms with van der Waals surface area (Å²) in [5.74, 6) is -0.777. The van der Waals surface area contributed by atoms with Crippen LogP contribution < -0.4 is 0 Å². The van der Waals surface area contributed by atoms with Crippen LogP contribution in [0.15, 0.2) is 29.0 Å². The molecular weight excluding hydrogens is 158 g/mol. The van der Waals surface area contributed by atoms with Gasteiger partial charge in [-0.2, -0.15) is 0 Å². The van der Waals surface area contributed by atoms with E-state index in [4.69, 9.17) is 5.21 Å². The molecule has 64 valence electrons. The highest BCUT2D eigenvalue weighted by Crippen LogP contribution is 2.18. The summed E-state index contributed by atoms with van der Waals surface area (Å²) in [6.07, 6.45) is 6.32. The highest BCUT2D eigenvalue weighted by molar-refractivity contribution is 5.92. The fraction of sp³-hybridized carbons (Fsp3) is 0.250. The number of ether oxygens (including phenoxy) is 1. The maximum absolute atomic E-state index is 11.0. The molecule has 1 N–H and O–H groups in total. The molecule has 1 aliphatic carbocycles. The van der Waals surface area contributed by atoms with Gasteiger partial charge in [-0.25, -0.2) is 0 Å². The van der Waals surface area contributed by atoms with Crippen LogP contribution >= 0.6 is 0 Å². The summed E-state index contributed by atoms with van der Waals surface area (Å²) in [5, 5.41) is 11.1. The summed E-state index contributed by atoms with van der Waals surface area (Å²) >= 11 is 0. The molecule has 0 spiro atoms. The molecule has 0 bridgehead atoms. The van der Waals surface area contributed by atoms with Gasteiger partial charge in [-0.15, -0.1) is 0 Å². The zero-order chi connectivity index (χ0) is 8.97. The lowest BCUT2D eigenvalue weighted by molar-refractivity contribution is -0.142. The summed E-state index contributed by atoms with van der Waals surface area (Å²) < 4.78 is 4.54. The quantitative estimate of drug-likeness (QED) is 0.285. The summed E-state index contributed by atoms with van der Waals surface area (Å²) in [5.41, 5.74) is 0.629. The summed E-state index contributed by atoms with van der Waals surface area (Å²) in [4.78, 5) is 11.0. The van der Waals surface area contributed by atoms with Crippen LogP contribution in [-0.4, -0.2) is 24.5 Å². The number of nitrogens with zero attached hydrogens (tertiary/aromatic N) is 1. The van der Waals surface area contributed by atoms with Crippen LogP contribution in [0.1, 0.15) is 0 Å². The predicted molar refractivity (Wildman–Crippen MR) is 43.0 cm³/mol. The maximum atomic E-state index is 11.0. The van der Waals surface area contributed by atoms with Crippen LogP contribution in [0.3, 0.4) is 0 Å². The van der Waals surface area contributed by atoms with Crippen molar-refractivity contribution in [2.75, 3.05) is 7.11 Å². The van der Waals surface area contributed by atoms with Crippen molar-refractivity contribution in [2.45, 2.75) is 0 Å². The zero-order valence-corrected chi connectivity index (χ0v) is 6.60. The van der Waals surface area contributed by atoms with Gasteiger partial charge in [0.25, 0.3) is 0 Å². The van der Waals surface area contributed by atoms with Crippen molar-refractivity contribution in [2.24, 2.45) is 11.1 Å². The van der Waals surface area contributed by atoms with E-state index in [1.165, 1.54) is 13.3 Å². The minimum Gasteiger partial charge on any atom is -0.468 e. The molecule has 0 amide bonds. The van der Waals surface area contributed by atoms with Gasteiger partial charge in [0.05, 0.1) is 13.3 Å². The van der Waals surface area contributed by atoms with Gasteiger partial charge >= 0.3 is 5.97 Å². The van der Waals surface area contributed by atoms with E-state index in [9.17, 15) is 4.79 Å². The molecule has 1 atom stereocenters. The van der Waals surface area contributed by atoms with Gasteiger partial charge in [-0.1, -0.05) is 23.4 Å². The van der Waals surface area contributed by atoms with E-state index < -0.39 is 5.92 Å². The van der Waals surface area contributed by atoms with Gasteiger partial charge < -0.3 is 9.94 Å². The third kappa shape index (κ3) is 1.53. The molecule has 0 saturated carbocycles. The molecule has 12 heavy (non-hydrogen) atoms. The first kappa shape index (κ1) is 8.52. The van der Waals surface area contributed by atoms with Crippen molar-refractivity contribution in [1.29, 1.82) is 0 Å². The first-order valence-corrected chi connectivity index (χ1v) is 3.43. The number of carbonyl (C=O) groups is 1. The van der Waals surface area contributed by atoms with Crippen molar-refractivity contribution in [1.82, 2.24) is 0 Å². The van der Waals surface area contributed by atoms with E-state index in [0.717, 1.165) is 0 Å². The lowest BCUT2D eigenvalue weighted by Gasteiger charge is -2.05. The van der Waals surface area contributed by atoms with Gasteiger partial charge in [-0.05, 0) is 5.57 Å². The molecule has 1 rings (SSSR count). The molecule has 0 aromatic rings. The minimum atomic E-state index is -0.425. The Balaban J connectivity index is 2.73. The normalized spacial score (nSPS) is 21.4. The molecule has 1 aliphatic rings. The molecule has 0 aromatic heterocycles. The van der Waals surface area contributed by atoms with Crippen molar-refractivity contribution in [3.63, 3.8) is 0 Å². The number of rotatable bonds is 2. The Morgan fingerprint density at radius 2 is 2.58 bits per heavy atom. The lowest BCUT2D eigenvalue weighted by Crippen LogP contribution is -2.15. The van der Waals surface area contributed by atoms with Crippen molar-refractivity contribution in [3.05, 3.63) is 23.8 Å². The molecule has 1 unspecified atom stereocenters. The van der Waals surface area contributed by atoms with Crippen molar-refractivity contribution >= 4 is 12.2 Å². The van der Waals surface area contributed by atoms with Crippen LogP contribution in [0.2, 0.25) is 0 Å². The van der Waals surface area contributed by atoms with E-state index >= 15 is 0 Å². The van der Waals surface area contributed by atoms with E-state index in [1.54, 1.807) is 18.2 Å². The highest BCUT2D eigenvalue weighted by Gasteiger charge is 2.21. The van der Waals surface area contributed by atoms with Crippen LogP contribution in [-0.2, 0) is 9.53 Å². The molecule has 0 heterocycles. The zero-order valence-electron chi connectivity index (χ0n) is 6.60. The SMILES string of the molecule is COC(=O)C1C=CC=C1/C=N/O. The molecular formula is C8H9NO3. The molecule has 0 aliphatic heterocycles. The predicted octanol–water partition coefficient (Wildman–Crippen LogP) is 0.732. The van der Waals surface area contributed by atoms with Crippen LogP contribution in [0.5, 0.6) is 0 Å². The summed E-state index contributed by atoms with van der Waals surface area (Å²) in [7, 11) is 1.32. The number of hydrogen-bond donors (Lipinski definition) is 1. The molecule has 4 heteroatoms. The second kappa shape index (κ2) is 3.71. The Hall–Kier alpha value is -1.58. The average molecular weight is 167 g/mol. The molecule has 0 fully saturated rings. The van der Waals surface area contributed by atoms with Crippen LogP contribution in [0.4, 0.5) is 0 Å². The Kier molecular flexibility index (Phi) is 2.63. The molecule has 4 nitrogen and oxygen atoms in total. The van der Waals surface area contributed by atoms with Crippen LogP contribution in [0, 0.1) is 5.92 Å². The Labute approximate surface area is 69.8 Å². The fourth-order valence-corrected chi connectivity index (χ4v) is 1.02. The molecule has 0 radical (unpaired) electrons. The van der Waals surface area contributed by atoms with E-state index in [1.807, 2.05) is 0 Å². The van der Waals surface area contributed by atoms with E-state index in [-0.39, 0.29) is 5.97 Å². The Morgan fingerprint density at radius 3 is 3.17 bits per heavy atom. The fourth-order valence-electron chi connectivity index (χ4n) is 1.02. The number of esters is 1. The van der Waals surface area contributed by atoms with Gasteiger partial charge in [0.1, 0.15) is 5.92 Å².